The summed E-state index contributed by atoms with van der Waals surface area (Å²) in [4.78, 5) is 10.8. The van der Waals surface area contributed by atoms with Gasteiger partial charge in [-0.05, 0) is 18.2 Å². The maximum absolute atomic E-state index is 12.3. The second kappa shape index (κ2) is 4.30. The summed E-state index contributed by atoms with van der Waals surface area (Å²) in [6.07, 6.45) is -5.37. The van der Waals surface area contributed by atoms with Crippen molar-refractivity contribution in [2.24, 2.45) is 0 Å². The number of hydrogen-bond donors (Lipinski definition) is 2. The van der Waals surface area contributed by atoms with Crippen LogP contribution < -0.4 is 11.1 Å². The third kappa shape index (κ3) is 2.78. The van der Waals surface area contributed by atoms with Gasteiger partial charge in [0.1, 0.15) is 0 Å². The number of benzene rings is 1. The molecule has 0 saturated carbocycles. The number of halogens is 3. The molecule has 1 aromatic rings. The second-order valence-electron chi connectivity index (χ2n) is 2.92. The first-order valence-electron chi connectivity index (χ1n) is 4.16. The van der Waals surface area contributed by atoms with Crippen LogP contribution in [-0.4, -0.2) is 13.2 Å². The summed E-state index contributed by atoms with van der Waals surface area (Å²) in [6, 6.07) is 2.64. The number of amides is 1. The Kier molecular flexibility index (Phi) is 3.26. The Morgan fingerprint density at radius 3 is 2.56 bits per heavy atom. The fourth-order valence-corrected chi connectivity index (χ4v) is 1.00. The molecule has 0 aliphatic carbocycles. The third-order valence-corrected chi connectivity index (χ3v) is 1.80. The van der Waals surface area contributed by atoms with E-state index < -0.39 is 17.8 Å². The predicted molar refractivity (Wildman–Crippen MR) is 51.9 cm³/mol. The van der Waals surface area contributed by atoms with Gasteiger partial charge in [-0.15, -0.1) is 0 Å². The lowest BCUT2D eigenvalue weighted by Gasteiger charge is -2.11. The van der Waals surface area contributed by atoms with E-state index in [4.69, 9.17) is 5.73 Å². The summed E-state index contributed by atoms with van der Waals surface area (Å²) < 4.78 is 41.3. The number of ether oxygens (including phenoxy) is 1. The monoisotopic (exact) mass is 234 g/mol. The Morgan fingerprint density at radius 1 is 1.44 bits per heavy atom. The topological polar surface area (TPSA) is 64.3 Å². The minimum atomic E-state index is -4.49. The molecule has 1 aromatic carbocycles. The van der Waals surface area contributed by atoms with Gasteiger partial charge in [-0.2, -0.15) is 13.2 Å². The number of hydrogen-bond acceptors (Lipinski definition) is 3. The van der Waals surface area contributed by atoms with Crippen molar-refractivity contribution >= 4 is 17.5 Å². The molecular weight excluding hydrogens is 225 g/mol. The molecule has 0 unspecified atom stereocenters. The number of methoxy groups -OCH3 is 1. The number of carbonyl (C=O) groups is 1. The zero-order valence-electron chi connectivity index (χ0n) is 8.26. The number of nitrogens with two attached hydrogens (primary N) is 1. The molecule has 16 heavy (non-hydrogen) atoms. The summed E-state index contributed by atoms with van der Waals surface area (Å²) in [5, 5.41) is 2.09. The quantitative estimate of drug-likeness (QED) is 0.733. The van der Waals surface area contributed by atoms with Gasteiger partial charge in [0.15, 0.2) is 0 Å². The van der Waals surface area contributed by atoms with Crippen molar-refractivity contribution in [1.29, 1.82) is 0 Å². The van der Waals surface area contributed by atoms with Gasteiger partial charge in [0.2, 0.25) is 0 Å². The molecule has 0 aromatic heterocycles. The highest BCUT2D eigenvalue weighted by Gasteiger charge is 2.31. The van der Waals surface area contributed by atoms with Gasteiger partial charge in [-0.25, -0.2) is 4.79 Å². The van der Waals surface area contributed by atoms with Crippen molar-refractivity contribution in [3.8, 4) is 0 Å². The molecular formula is C9H9F3N2O2. The lowest BCUT2D eigenvalue weighted by Crippen LogP contribution is -2.14. The van der Waals surface area contributed by atoms with E-state index in [1.807, 2.05) is 0 Å². The maximum atomic E-state index is 12.3. The van der Waals surface area contributed by atoms with Crippen LogP contribution >= 0.6 is 0 Å². The molecule has 0 heterocycles. The minimum Gasteiger partial charge on any atom is -0.453 e. The molecule has 0 bridgehead atoms. The average molecular weight is 234 g/mol. The van der Waals surface area contributed by atoms with E-state index in [1.54, 1.807) is 0 Å². The normalized spacial score (nSPS) is 11.0. The van der Waals surface area contributed by atoms with E-state index in [9.17, 15) is 18.0 Å². The molecule has 0 spiro atoms. The number of nitrogens with one attached hydrogen (secondary N) is 1. The van der Waals surface area contributed by atoms with Gasteiger partial charge in [0, 0.05) is 0 Å². The van der Waals surface area contributed by atoms with Gasteiger partial charge < -0.3 is 10.5 Å². The van der Waals surface area contributed by atoms with Crippen LogP contribution in [0.5, 0.6) is 0 Å². The molecule has 7 heteroatoms. The van der Waals surface area contributed by atoms with Crippen LogP contribution in [0, 0.1) is 0 Å². The summed E-state index contributed by atoms with van der Waals surface area (Å²) in [5.41, 5.74) is 4.39. The fourth-order valence-electron chi connectivity index (χ4n) is 1.00. The zero-order valence-corrected chi connectivity index (χ0v) is 8.26. The van der Waals surface area contributed by atoms with Crippen LogP contribution in [0.25, 0.3) is 0 Å². The van der Waals surface area contributed by atoms with Gasteiger partial charge in [-0.1, -0.05) is 0 Å². The van der Waals surface area contributed by atoms with Gasteiger partial charge >= 0.3 is 12.3 Å². The van der Waals surface area contributed by atoms with E-state index in [0.29, 0.717) is 0 Å². The SMILES string of the molecule is COC(=O)Nc1cc(C(F)(F)F)ccc1N. The number of alkyl halides is 3. The highest BCUT2D eigenvalue weighted by atomic mass is 19.4. The largest absolute Gasteiger partial charge is 0.453 e. The smallest absolute Gasteiger partial charge is 0.416 e. The summed E-state index contributed by atoms with van der Waals surface area (Å²) in [6.45, 7) is 0. The Labute approximate surface area is 89.2 Å². The average Bonchev–Trinajstić information content (AvgIpc) is 2.19. The van der Waals surface area contributed by atoms with E-state index in [0.717, 1.165) is 25.3 Å². The molecule has 1 amide bonds. The van der Waals surface area contributed by atoms with Crippen molar-refractivity contribution in [2.75, 3.05) is 18.2 Å². The van der Waals surface area contributed by atoms with Crippen LogP contribution in [0.15, 0.2) is 18.2 Å². The highest BCUT2D eigenvalue weighted by Crippen LogP contribution is 2.32. The molecule has 1 rings (SSSR count). The zero-order chi connectivity index (χ0) is 12.3. The first-order chi connectivity index (χ1) is 7.34. The van der Waals surface area contributed by atoms with Crippen molar-refractivity contribution < 1.29 is 22.7 Å². The predicted octanol–water partition coefficient (Wildman–Crippen LogP) is 2.47. The van der Waals surface area contributed by atoms with Crippen LogP contribution in [-0.2, 0) is 10.9 Å². The van der Waals surface area contributed by atoms with E-state index in [-0.39, 0.29) is 11.4 Å². The summed E-state index contributed by atoms with van der Waals surface area (Å²) in [7, 11) is 1.10. The van der Waals surface area contributed by atoms with Crippen molar-refractivity contribution in [3.05, 3.63) is 23.8 Å². The molecule has 0 radical (unpaired) electrons. The van der Waals surface area contributed by atoms with E-state index in [1.165, 1.54) is 0 Å². The van der Waals surface area contributed by atoms with Crippen molar-refractivity contribution in [3.63, 3.8) is 0 Å². The molecule has 0 aliphatic rings. The highest BCUT2D eigenvalue weighted by molar-refractivity contribution is 5.89. The van der Waals surface area contributed by atoms with E-state index >= 15 is 0 Å². The summed E-state index contributed by atoms with van der Waals surface area (Å²) in [5.74, 6) is 0. The molecule has 88 valence electrons. The van der Waals surface area contributed by atoms with Crippen molar-refractivity contribution in [1.82, 2.24) is 0 Å². The molecule has 3 N–H and O–H groups in total. The van der Waals surface area contributed by atoms with Crippen LogP contribution in [0.2, 0.25) is 0 Å². The molecule has 0 fully saturated rings. The first kappa shape index (κ1) is 12.2. The lowest BCUT2D eigenvalue weighted by atomic mass is 10.1. The first-order valence-corrected chi connectivity index (χ1v) is 4.16. The fraction of sp³-hybridized carbons (Fsp3) is 0.222. The van der Waals surface area contributed by atoms with Gasteiger partial charge in [0.05, 0.1) is 24.0 Å². The second-order valence-corrected chi connectivity index (χ2v) is 2.92. The molecule has 0 saturated heterocycles. The number of carbonyl (C=O) groups excluding carboxylic acids is 1. The van der Waals surface area contributed by atoms with Crippen molar-refractivity contribution in [2.45, 2.75) is 6.18 Å². The Morgan fingerprint density at radius 2 is 2.06 bits per heavy atom. The van der Waals surface area contributed by atoms with Crippen LogP contribution in [0.4, 0.5) is 29.3 Å². The lowest BCUT2D eigenvalue weighted by molar-refractivity contribution is -0.137. The van der Waals surface area contributed by atoms with Crippen LogP contribution in [0.1, 0.15) is 5.56 Å². The standard InChI is InChI=1S/C9H9F3N2O2/c1-16-8(15)14-7-4-5(9(10,11)12)2-3-6(7)13/h2-4H,13H2,1H3,(H,14,15). The minimum absolute atomic E-state index is 0.0263. The van der Waals surface area contributed by atoms with E-state index in [2.05, 4.69) is 10.1 Å². The number of rotatable bonds is 1. The maximum Gasteiger partial charge on any atom is 0.416 e. The number of nitrogen functional groups attached to an aromatic ring is 1. The molecule has 0 atom stereocenters. The molecule has 0 aliphatic heterocycles. The van der Waals surface area contributed by atoms with Gasteiger partial charge in [0.25, 0.3) is 0 Å². The Balaban J connectivity index is 3.04. The Hall–Kier alpha value is -1.92. The third-order valence-electron chi connectivity index (χ3n) is 1.80. The Bertz CT molecular complexity index is 404. The number of anilines is 2. The molecule has 4 nitrogen and oxygen atoms in total. The van der Waals surface area contributed by atoms with Crippen LogP contribution in [0.3, 0.4) is 0 Å². The van der Waals surface area contributed by atoms with Gasteiger partial charge in [-0.3, -0.25) is 5.32 Å². The summed E-state index contributed by atoms with van der Waals surface area (Å²) >= 11 is 0.